The summed E-state index contributed by atoms with van der Waals surface area (Å²) in [7, 11) is 0. The quantitative estimate of drug-likeness (QED) is 0.617. The molecule has 3 heteroatoms. The summed E-state index contributed by atoms with van der Waals surface area (Å²) >= 11 is 0. The molecule has 2 rings (SSSR count). The summed E-state index contributed by atoms with van der Waals surface area (Å²) in [6, 6.07) is 14.4. The minimum atomic E-state index is 0.225. The first-order chi connectivity index (χ1) is 8.78. The van der Waals surface area contributed by atoms with Crippen molar-refractivity contribution in [3.63, 3.8) is 0 Å². The summed E-state index contributed by atoms with van der Waals surface area (Å²) in [4.78, 5) is 0. The van der Waals surface area contributed by atoms with E-state index in [0.717, 1.165) is 12.1 Å². The molecule has 0 amide bonds. The number of hydrogen-bond donors (Lipinski definition) is 1. The van der Waals surface area contributed by atoms with Gasteiger partial charge in [0.2, 0.25) is 0 Å². The van der Waals surface area contributed by atoms with Crippen LogP contribution in [0.3, 0.4) is 0 Å². The Kier molecular flexibility index (Phi) is 3.86. The zero-order valence-corrected chi connectivity index (χ0v) is 9.95. The molecule has 2 aromatic carbocycles. The third-order valence-electron chi connectivity index (χ3n) is 2.45. The van der Waals surface area contributed by atoms with E-state index in [2.05, 4.69) is 16.8 Å². The van der Waals surface area contributed by atoms with E-state index in [1.807, 2.05) is 30.3 Å². The zero-order valence-electron chi connectivity index (χ0n) is 9.95. The Morgan fingerprint density at radius 3 is 1.89 bits per heavy atom. The van der Waals surface area contributed by atoms with E-state index < -0.39 is 0 Å². The second kappa shape index (κ2) is 5.77. The van der Waals surface area contributed by atoms with Crippen LogP contribution in [-0.2, 0) is 6.42 Å². The van der Waals surface area contributed by atoms with E-state index in [9.17, 15) is 0 Å². The number of azo groups is 1. The maximum atomic E-state index is 9.14. The van der Waals surface area contributed by atoms with Crippen molar-refractivity contribution in [3.8, 4) is 5.75 Å². The van der Waals surface area contributed by atoms with Crippen molar-refractivity contribution in [3.05, 3.63) is 66.7 Å². The summed E-state index contributed by atoms with van der Waals surface area (Å²) in [5, 5.41) is 17.4. The number of phenolic OH excluding ortho intramolecular Hbond substituents is 1. The topological polar surface area (TPSA) is 45.0 Å². The molecule has 0 bridgehead atoms. The Morgan fingerprint density at radius 2 is 1.39 bits per heavy atom. The van der Waals surface area contributed by atoms with Crippen molar-refractivity contribution >= 4 is 11.4 Å². The van der Waals surface area contributed by atoms with Crippen LogP contribution in [-0.4, -0.2) is 5.11 Å². The van der Waals surface area contributed by atoms with E-state index in [1.165, 1.54) is 5.56 Å². The van der Waals surface area contributed by atoms with Crippen molar-refractivity contribution < 1.29 is 5.11 Å². The highest BCUT2D eigenvalue weighted by molar-refractivity contribution is 5.43. The highest BCUT2D eigenvalue weighted by Gasteiger charge is 1.93. The Labute approximate surface area is 106 Å². The molecule has 90 valence electrons. The van der Waals surface area contributed by atoms with Crippen LogP contribution in [0.25, 0.3) is 0 Å². The molecule has 0 unspecified atom stereocenters. The standard InChI is InChI=1S/C15H14N2O/c1-2-3-12-4-6-13(7-5-12)16-17-14-8-10-15(18)11-9-14/h2,4-11,18H,1,3H2. The maximum Gasteiger partial charge on any atom is 0.115 e. The fraction of sp³-hybridized carbons (Fsp3) is 0.0667. The fourth-order valence-corrected chi connectivity index (χ4v) is 1.50. The van der Waals surface area contributed by atoms with Gasteiger partial charge in [0.25, 0.3) is 0 Å². The van der Waals surface area contributed by atoms with Gasteiger partial charge in [-0.05, 0) is 48.4 Å². The fourth-order valence-electron chi connectivity index (χ4n) is 1.50. The first-order valence-corrected chi connectivity index (χ1v) is 5.68. The average molecular weight is 238 g/mol. The Balaban J connectivity index is 2.08. The molecular formula is C15H14N2O. The molecular weight excluding hydrogens is 224 g/mol. The van der Waals surface area contributed by atoms with Gasteiger partial charge in [-0.1, -0.05) is 18.2 Å². The van der Waals surface area contributed by atoms with Crippen molar-refractivity contribution in [2.24, 2.45) is 10.2 Å². The van der Waals surface area contributed by atoms with Crippen LogP contribution < -0.4 is 0 Å². The predicted octanol–water partition coefficient (Wildman–Crippen LogP) is 4.54. The van der Waals surface area contributed by atoms with Gasteiger partial charge in [-0.25, -0.2) is 0 Å². The van der Waals surface area contributed by atoms with Crippen LogP contribution in [0.4, 0.5) is 11.4 Å². The molecule has 0 aliphatic heterocycles. The summed E-state index contributed by atoms with van der Waals surface area (Å²) in [6.07, 6.45) is 2.72. The van der Waals surface area contributed by atoms with Crippen molar-refractivity contribution in [1.29, 1.82) is 0 Å². The Bertz CT molecular complexity index is 542. The smallest absolute Gasteiger partial charge is 0.115 e. The number of aromatic hydroxyl groups is 1. The summed E-state index contributed by atoms with van der Waals surface area (Å²) in [5.41, 5.74) is 2.72. The molecule has 0 atom stereocenters. The lowest BCUT2D eigenvalue weighted by molar-refractivity contribution is 0.475. The lowest BCUT2D eigenvalue weighted by Crippen LogP contribution is -1.77. The molecule has 0 fully saturated rings. The molecule has 18 heavy (non-hydrogen) atoms. The SMILES string of the molecule is C=CCc1ccc(N=Nc2ccc(O)cc2)cc1. The van der Waals surface area contributed by atoms with Crippen LogP contribution in [0.1, 0.15) is 5.56 Å². The zero-order chi connectivity index (χ0) is 12.8. The van der Waals surface area contributed by atoms with Gasteiger partial charge >= 0.3 is 0 Å². The molecule has 0 aromatic heterocycles. The third kappa shape index (κ3) is 3.28. The predicted molar refractivity (Wildman–Crippen MR) is 72.6 cm³/mol. The molecule has 0 spiro atoms. The Hall–Kier alpha value is -2.42. The monoisotopic (exact) mass is 238 g/mol. The maximum absolute atomic E-state index is 9.14. The Morgan fingerprint density at radius 1 is 0.889 bits per heavy atom. The van der Waals surface area contributed by atoms with Gasteiger partial charge in [0, 0.05) is 0 Å². The van der Waals surface area contributed by atoms with Gasteiger partial charge in [0.05, 0.1) is 11.4 Å². The molecule has 0 aliphatic carbocycles. The second-order valence-electron chi connectivity index (χ2n) is 3.88. The van der Waals surface area contributed by atoms with E-state index >= 15 is 0 Å². The number of allylic oxidation sites excluding steroid dienone is 1. The molecule has 0 radical (unpaired) electrons. The first-order valence-electron chi connectivity index (χ1n) is 5.68. The molecule has 0 saturated heterocycles. The lowest BCUT2D eigenvalue weighted by Gasteiger charge is -1.97. The highest BCUT2D eigenvalue weighted by Crippen LogP contribution is 2.20. The summed E-state index contributed by atoms with van der Waals surface area (Å²) < 4.78 is 0. The van der Waals surface area contributed by atoms with Gasteiger partial charge in [0.1, 0.15) is 5.75 Å². The van der Waals surface area contributed by atoms with Gasteiger partial charge in [-0.2, -0.15) is 10.2 Å². The summed E-state index contributed by atoms with van der Waals surface area (Å²) in [6.45, 7) is 3.70. The van der Waals surface area contributed by atoms with Crippen molar-refractivity contribution in [1.82, 2.24) is 0 Å². The van der Waals surface area contributed by atoms with Gasteiger partial charge in [-0.15, -0.1) is 6.58 Å². The molecule has 1 N–H and O–H groups in total. The largest absolute Gasteiger partial charge is 0.508 e. The second-order valence-corrected chi connectivity index (χ2v) is 3.88. The van der Waals surface area contributed by atoms with Crippen molar-refractivity contribution in [2.45, 2.75) is 6.42 Å². The van der Waals surface area contributed by atoms with E-state index in [4.69, 9.17) is 5.11 Å². The number of rotatable bonds is 4. The van der Waals surface area contributed by atoms with Crippen LogP contribution in [0.15, 0.2) is 71.4 Å². The van der Waals surface area contributed by atoms with Crippen molar-refractivity contribution in [2.75, 3.05) is 0 Å². The minimum absolute atomic E-state index is 0.225. The first kappa shape index (κ1) is 12.0. The molecule has 3 nitrogen and oxygen atoms in total. The molecule has 0 aliphatic rings. The number of benzene rings is 2. The normalized spacial score (nSPS) is 10.7. The highest BCUT2D eigenvalue weighted by atomic mass is 16.3. The average Bonchev–Trinajstić information content (AvgIpc) is 2.40. The van der Waals surface area contributed by atoms with Crippen LogP contribution >= 0.6 is 0 Å². The van der Waals surface area contributed by atoms with Gasteiger partial charge < -0.3 is 5.11 Å². The number of nitrogens with zero attached hydrogens (tertiary/aromatic N) is 2. The van der Waals surface area contributed by atoms with E-state index in [1.54, 1.807) is 24.3 Å². The number of phenols is 1. The van der Waals surface area contributed by atoms with Crippen LogP contribution in [0, 0.1) is 0 Å². The third-order valence-corrected chi connectivity index (χ3v) is 2.45. The van der Waals surface area contributed by atoms with Crippen LogP contribution in [0.5, 0.6) is 5.75 Å². The van der Waals surface area contributed by atoms with Crippen LogP contribution in [0.2, 0.25) is 0 Å². The summed E-state index contributed by atoms with van der Waals surface area (Å²) in [5.74, 6) is 0.225. The van der Waals surface area contributed by atoms with E-state index in [0.29, 0.717) is 5.69 Å². The van der Waals surface area contributed by atoms with Gasteiger partial charge in [-0.3, -0.25) is 0 Å². The molecule has 2 aromatic rings. The lowest BCUT2D eigenvalue weighted by atomic mass is 10.1. The molecule has 0 heterocycles. The minimum Gasteiger partial charge on any atom is -0.508 e. The molecule has 0 saturated carbocycles. The van der Waals surface area contributed by atoms with E-state index in [-0.39, 0.29) is 5.75 Å². The number of hydrogen-bond acceptors (Lipinski definition) is 3. The van der Waals surface area contributed by atoms with Gasteiger partial charge in [0.15, 0.2) is 0 Å².